The third-order valence-electron chi connectivity index (χ3n) is 4.65. The van der Waals surface area contributed by atoms with Gasteiger partial charge in [-0.05, 0) is 18.9 Å². The number of Topliss-reactive ketones (excluding diaryl/α,β-unsaturated/α-hetero) is 1. The first kappa shape index (κ1) is 16.6. The summed E-state index contributed by atoms with van der Waals surface area (Å²) in [5, 5.41) is 1.33. The lowest BCUT2D eigenvalue weighted by Crippen LogP contribution is -2.34. The molecule has 3 rings (SSSR count). The molecule has 6 nitrogen and oxygen atoms in total. The lowest BCUT2D eigenvalue weighted by Gasteiger charge is -2.22. The van der Waals surface area contributed by atoms with E-state index in [2.05, 4.69) is 0 Å². The Hall–Kier alpha value is -2.21. The van der Waals surface area contributed by atoms with Crippen molar-refractivity contribution in [3.63, 3.8) is 0 Å². The van der Waals surface area contributed by atoms with Gasteiger partial charge in [0.1, 0.15) is 12.4 Å². The topological polar surface area (TPSA) is 72.9 Å². The number of amides is 1. The molecular formula is C18H21NO5. The van der Waals surface area contributed by atoms with Crippen LogP contribution in [0.15, 0.2) is 30.3 Å². The second kappa shape index (κ2) is 7.13. The van der Waals surface area contributed by atoms with E-state index in [1.807, 2.05) is 30.3 Å². The van der Waals surface area contributed by atoms with Crippen molar-refractivity contribution in [3.8, 4) is 0 Å². The fourth-order valence-electron chi connectivity index (χ4n) is 3.58. The van der Waals surface area contributed by atoms with Crippen LogP contribution in [-0.4, -0.2) is 35.4 Å². The lowest BCUT2D eigenvalue weighted by molar-refractivity contribution is -0.197. The van der Waals surface area contributed by atoms with E-state index in [4.69, 9.17) is 9.57 Å². The number of esters is 1. The molecule has 0 N–H and O–H groups in total. The van der Waals surface area contributed by atoms with Gasteiger partial charge >= 0.3 is 5.97 Å². The van der Waals surface area contributed by atoms with Crippen LogP contribution in [0.25, 0.3) is 0 Å². The minimum absolute atomic E-state index is 0.0356. The van der Waals surface area contributed by atoms with Crippen LogP contribution >= 0.6 is 0 Å². The summed E-state index contributed by atoms with van der Waals surface area (Å²) in [5.74, 6) is -1.83. The predicted molar refractivity (Wildman–Crippen MR) is 84.3 cm³/mol. The van der Waals surface area contributed by atoms with Crippen LogP contribution in [0.2, 0.25) is 0 Å². The van der Waals surface area contributed by atoms with Gasteiger partial charge in [0.2, 0.25) is 0 Å². The van der Waals surface area contributed by atoms with E-state index in [-0.39, 0.29) is 37.4 Å². The molecule has 0 radical (unpaired) electrons. The van der Waals surface area contributed by atoms with Crippen molar-refractivity contribution in [2.45, 2.75) is 38.8 Å². The Balaban J connectivity index is 1.71. The molecule has 3 atom stereocenters. The zero-order valence-electron chi connectivity index (χ0n) is 13.6. The number of benzene rings is 1. The average Bonchev–Trinajstić information content (AvgIpc) is 3.06. The standard InChI is InChI=1S/C18H21NO5/c1-2-23-16(21)10-13-17-14(8-9-15(17)20)19(18(13)22)24-11-12-6-4-3-5-7-12/h3-7,13-14,17H,2,8-11H2,1H3/t13-,14-,17-/m0/s1. The third-order valence-corrected chi connectivity index (χ3v) is 4.65. The highest BCUT2D eigenvalue weighted by atomic mass is 16.7. The molecule has 1 aromatic carbocycles. The van der Waals surface area contributed by atoms with Crippen molar-refractivity contribution < 1.29 is 24.0 Å². The maximum atomic E-state index is 12.7. The van der Waals surface area contributed by atoms with Crippen molar-refractivity contribution >= 4 is 17.7 Å². The van der Waals surface area contributed by atoms with Gasteiger partial charge in [0.25, 0.3) is 5.91 Å². The molecule has 1 aliphatic carbocycles. The normalized spacial score (nSPS) is 25.9. The molecule has 0 bridgehead atoms. The molecule has 1 saturated carbocycles. The van der Waals surface area contributed by atoms with Crippen molar-refractivity contribution in [3.05, 3.63) is 35.9 Å². The Bertz CT molecular complexity index is 630. The fraction of sp³-hybridized carbons (Fsp3) is 0.500. The quantitative estimate of drug-likeness (QED) is 0.744. The van der Waals surface area contributed by atoms with E-state index in [1.54, 1.807) is 6.92 Å². The smallest absolute Gasteiger partial charge is 0.306 e. The zero-order chi connectivity index (χ0) is 17.1. The Morgan fingerprint density at radius 3 is 2.71 bits per heavy atom. The number of carbonyl (C=O) groups excluding carboxylic acids is 3. The Morgan fingerprint density at radius 1 is 1.25 bits per heavy atom. The van der Waals surface area contributed by atoms with Crippen molar-refractivity contribution in [2.24, 2.45) is 11.8 Å². The Labute approximate surface area is 140 Å². The van der Waals surface area contributed by atoms with Crippen LogP contribution in [0, 0.1) is 11.8 Å². The maximum absolute atomic E-state index is 12.7. The first-order chi connectivity index (χ1) is 11.6. The molecule has 1 heterocycles. The zero-order valence-corrected chi connectivity index (χ0v) is 13.6. The molecule has 1 amide bonds. The Morgan fingerprint density at radius 2 is 2.00 bits per heavy atom. The van der Waals surface area contributed by atoms with Gasteiger partial charge in [-0.1, -0.05) is 30.3 Å². The van der Waals surface area contributed by atoms with Gasteiger partial charge in [-0.3, -0.25) is 19.2 Å². The number of ketones is 1. The first-order valence-corrected chi connectivity index (χ1v) is 8.30. The van der Waals surface area contributed by atoms with Crippen LogP contribution in [0.1, 0.15) is 31.7 Å². The highest BCUT2D eigenvalue weighted by molar-refractivity contribution is 5.96. The first-order valence-electron chi connectivity index (χ1n) is 8.30. The van der Waals surface area contributed by atoms with Gasteiger partial charge in [-0.25, -0.2) is 5.06 Å². The number of carbonyl (C=O) groups is 3. The van der Waals surface area contributed by atoms with Crippen LogP contribution in [0.5, 0.6) is 0 Å². The average molecular weight is 331 g/mol. The molecule has 0 unspecified atom stereocenters. The molecule has 6 heteroatoms. The van der Waals surface area contributed by atoms with Crippen molar-refractivity contribution in [2.75, 3.05) is 6.61 Å². The van der Waals surface area contributed by atoms with Gasteiger partial charge in [-0.15, -0.1) is 0 Å². The predicted octanol–water partition coefficient (Wildman–Crippen LogP) is 1.88. The summed E-state index contributed by atoms with van der Waals surface area (Å²) in [6, 6.07) is 9.26. The van der Waals surface area contributed by atoms with Crippen molar-refractivity contribution in [1.82, 2.24) is 5.06 Å². The van der Waals surface area contributed by atoms with Crippen molar-refractivity contribution in [1.29, 1.82) is 0 Å². The summed E-state index contributed by atoms with van der Waals surface area (Å²) in [6.45, 7) is 2.24. The SMILES string of the molecule is CCOC(=O)C[C@@H]1C(=O)N(OCc2ccccc2)[C@H]2CCC(=O)[C@@H]12. The lowest BCUT2D eigenvalue weighted by atomic mass is 9.89. The summed E-state index contributed by atoms with van der Waals surface area (Å²) in [5.41, 5.74) is 0.944. The third kappa shape index (κ3) is 3.19. The molecular weight excluding hydrogens is 310 g/mol. The van der Waals surface area contributed by atoms with Gasteiger partial charge in [-0.2, -0.15) is 0 Å². The molecule has 1 aliphatic heterocycles. The summed E-state index contributed by atoms with van der Waals surface area (Å²) in [7, 11) is 0. The number of hydrogen-bond acceptors (Lipinski definition) is 5. The van der Waals surface area contributed by atoms with Crippen LogP contribution < -0.4 is 0 Å². The highest BCUT2D eigenvalue weighted by Crippen LogP contribution is 2.42. The second-order valence-corrected chi connectivity index (χ2v) is 6.14. The van der Waals surface area contributed by atoms with Gasteiger partial charge in [0.15, 0.2) is 0 Å². The number of hydrogen-bond donors (Lipinski definition) is 0. The van der Waals surface area contributed by atoms with E-state index in [9.17, 15) is 14.4 Å². The van der Waals surface area contributed by atoms with Crippen LogP contribution in [-0.2, 0) is 30.6 Å². The molecule has 24 heavy (non-hydrogen) atoms. The molecule has 1 saturated heterocycles. The molecule has 128 valence electrons. The minimum Gasteiger partial charge on any atom is -0.466 e. The fourth-order valence-corrected chi connectivity index (χ4v) is 3.58. The highest BCUT2D eigenvalue weighted by Gasteiger charge is 2.55. The molecule has 1 aromatic rings. The number of rotatable bonds is 6. The molecule has 0 aromatic heterocycles. The largest absolute Gasteiger partial charge is 0.466 e. The second-order valence-electron chi connectivity index (χ2n) is 6.14. The number of fused-ring (bicyclic) bond motifs is 1. The molecule has 2 aliphatic rings. The molecule has 0 spiro atoms. The van der Waals surface area contributed by atoms with Gasteiger partial charge < -0.3 is 4.74 Å². The summed E-state index contributed by atoms with van der Waals surface area (Å²) >= 11 is 0. The van der Waals surface area contributed by atoms with E-state index in [1.165, 1.54) is 5.06 Å². The Kier molecular flexibility index (Phi) is 4.94. The number of hydroxylamine groups is 2. The van der Waals surface area contributed by atoms with Gasteiger partial charge in [0.05, 0.1) is 30.9 Å². The summed E-state index contributed by atoms with van der Waals surface area (Å²) in [6.07, 6.45) is 0.946. The van der Waals surface area contributed by atoms with Crippen LogP contribution in [0.4, 0.5) is 0 Å². The van der Waals surface area contributed by atoms with E-state index >= 15 is 0 Å². The molecule has 2 fully saturated rings. The van der Waals surface area contributed by atoms with Gasteiger partial charge in [0, 0.05) is 6.42 Å². The monoisotopic (exact) mass is 331 g/mol. The van der Waals surface area contributed by atoms with E-state index < -0.39 is 17.8 Å². The minimum atomic E-state index is -0.667. The van der Waals surface area contributed by atoms with E-state index in [0.717, 1.165) is 5.56 Å². The number of ether oxygens (including phenoxy) is 1. The van der Waals surface area contributed by atoms with Crippen LogP contribution in [0.3, 0.4) is 0 Å². The van der Waals surface area contributed by atoms with E-state index in [0.29, 0.717) is 12.8 Å². The number of nitrogens with zero attached hydrogens (tertiary/aromatic N) is 1. The maximum Gasteiger partial charge on any atom is 0.306 e. The summed E-state index contributed by atoms with van der Waals surface area (Å²) in [4.78, 5) is 42.3. The summed E-state index contributed by atoms with van der Waals surface area (Å²) < 4.78 is 4.94.